The van der Waals surface area contributed by atoms with Crippen LogP contribution in [0.5, 0.6) is 5.75 Å². The molecule has 0 spiro atoms. The number of carbonyl (C=O) groups excluding carboxylic acids is 1. The number of para-hydroxylation sites is 1. The molecule has 1 fully saturated rings. The van der Waals surface area contributed by atoms with Gasteiger partial charge in [-0.25, -0.2) is 4.68 Å². The molecule has 0 bridgehead atoms. The van der Waals surface area contributed by atoms with Crippen LogP contribution in [-0.4, -0.2) is 42.6 Å². The van der Waals surface area contributed by atoms with Crippen LogP contribution in [0.15, 0.2) is 65.5 Å². The maximum atomic E-state index is 13.0. The highest BCUT2D eigenvalue weighted by molar-refractivity contribution is 5.92. The Morgan fingerprint density at radius 1 is 1.12 bits per heavy atom. The summed E-state index contributed by atoms with van der Waals surface area (Å²) < 4.78 is 12.5. The van der Waals surface area contributed by atoms with Crippen LogP contribution >= 0.6 is 0 Å². The first kappa shape index (κ1) is 21.8. The first-order valence-corrected chi connectivity index (χ1v) is 10.7. The molecule has 166 valence electrons. The molecule has 2 aromatic carbocycles. The van der Waals surface area contributed by atoms with E-state index in [1.807, 2.05) is 54.6 Å². The summed E-state index contributed by atoms with van der Waals surface area (Å²) in [5, 5.41) is 7.35. The molecule has 1 N–H and O–H groups in total. The molecule has 7 nitrogen and oxygen atoms in total. The predicted octanol–water partition coefficient (Wildman–Crippen LogP) is 3.03. The van der Waals surface area contributed by atoms with Crippen LogP contribution in [0.25, 0.3) is 5.69 Å². The summed E-state index contributed by atoms with van der Waals surface area (Å²) in [5.74, 6) is 0.310. The van der Waals surface area contributed by atoms with Gasteiger partial charge in [-0.15, -0.1) is 0 Å². The lowest BCUT2D eigenvalue weighted by atomic mass is 9.74. The second-order valence-corrected chi connectivity index (χ2v) is 8.05. The zero-order chi connectivity index (χ0) is 22.6. The van der Waals surface area contributed by atoms with Crippen molar-refractivity contribution in [3.63, 3.8) is 0 Å². The minimum Gasteiger partial charge on any atom is -0.497 e. The maximum Gasteiger partial charge on any atom is 0.275 e. The fourth-order valence-corrected chi connectivity index (χ4v) is 4.14. The molecule has 0 radical (unpaired) electrons. The van der Waals surface area contributed by atoms with Crippen molar-refractivity contribution in [3.8, 4) is 11.4 Å². The number of benzene rings is 2. The molecule has 2 heterocycles. The third-order valence-electron chi connectivity index (χ3n) is 6.06. The minimum absolute atomic E-state index is 0.114. The first-order chi connectivity index (χ1) is 15.5. The third-order valence-corrected chi connectivity index (χ3v) is 6.06. The van der Waals surface area contributed by atoms with Gasteiger partial charge in [-0.05, 0) is 49.6 Å². The summed E-state index contributed by atoms with van der Waals surface area (Å²) in [5.41, 5.74) is 1.79. The summed E-state index contributed by atoms with van der Waals surface area (Å²) in [6.45, 7) is 3.42. The van der Waals surface area contributed by atoms with Gasteiger partial charge in [-0.3, -0.25) is 9.59 Å². The first-order valence-electron chi connectivity index (χ1n) is 10.7. The van der Waals surface area contributed by atoms with Crippen molar-refractivity contribution in [3.05, 3.63) is 87.8 Å². The predicted molar refractivity (Wildman–Crippen MR) is 122 cm³/mol. The molecule has 0 unspecified atom stereocenters. The molecule has 0 aliphatic carbocycles. The Morgan fingerprint density at radius 2 is 1.81 bits per heavy atom. The topological polar surface area (TPSA) is 82.5 Å². The molecule has 3 aromatic rings. The van der Waals surface area contributed by atoms with Crippen LogP contribution in [0, 0.1) is 6.92 Å². The van der Waals surface area contributed by atoms with Crippen molar-refractivity contribution >= 4 is 5.91 Å². The van der Waals surface area contributed by atoms with E-state index in [2.05, 4.69) is 10.4 Å². The second-order valence-electron chi connectivity index (χ2n) is 8.05. The number of rotatable bonds is 6. The lowest BCUT2D eigenvalue weighted by Gasteiger charge is -2.38. The molecule has 0 saturated carbocycles. The number of ether oxygens (including phenoxy) is 2. The number of amides is 1. The van der Waals surface area contributed by atoms with E-state index in [1.165, 1.54) is 6.07 Å². The van der Waals surface area contributed by atoms with Crippen LogP contribution in [0.1, 0.15) is 34.6 Å². The van der Waals surface area contributed by atoms with E-state index in [4.69, 9.17) is 9.47 Å². The summed E-state index contributed by atoms with van der Waals surface area (Å²) in [4.78, 5) is 25.6. The van der Waals surface area contributed by atoms with Gasteiger partial charge in [-0.2, -0.15) is 5.10 Å². The highest BCUT2D eigenvalue weighted by Gasteiger charge is 2.35. The van der Waals surface area contributed by atoms with Gasteiger partial charge >= 0.3 is 0 Å². The Labute approximate surface area is 187 Å². The molecule has 4 rings (SSSR count). The molecule has 1 saturated heterocycles. The highest BCUT2D eigenvalue weighted by Crippen LogP contribution is 2.35. The molecular formula is C25H27N3O4. The number of hydrogen-bond donors (Lipinski definition) is 1. The summed E-state index contributed by atoms with van der Waals surface area (Å²) in [6.07, 6.45) is 1.55. The van der Waals surface area contributed by atoms with E-state index in [-0.39, 0.29) is 11.1 Å². The lowest BCUT2D eigenvalue weighted by molar-refractivity contribution is 0.0486. The average molecular weight is 434 g/mol. The molecule has 1 aromatic heterocycles. The third kappa shape index (κ3) is 4.43. The van der Waals surface area contributed by atoms with Gasteiger partial charge in [0, 0.05) is 36.9 Å². The van der Waals surface area contributed by atoms with Crippen molar-refractivity contribution in [2.75, 3.05) is 26.9 Å². The fraction of sp³-hybridized carbons (Fsp3) is 0.320. The minimum atomic E-state index is -0.473. The zero-order valence-corrected chi connectivity index (χ0v) is 18.3. The van der Waals surface area contributed by atoms with Gasteiger partial charge in [0.1, 0.15) is 5.75 Å². The van der Waals surface area contributed by atoms with Gasteiger partial charge < -0.3 is 14.8 Å². The van der Waals surface area contributed by atoms with Gasteiger partial charge in [0.15, 0.2) is 5.69 Å². The summed E-state index contributed by atoms with van der Waals surface area (Å²) in [6, 6.07) is 18.8. The Hall–Kier alpha value is -3.45. The van der Waals surface area contributed by atoms with E-state index >= 15 is 0 Å². The van der Waals surface area contributed by atoms with Gasteiger partial charge in [0.25, 0.3) is 5.91 Å². The number of nitrogens with zero attached hydrogens (tertiary/aromatic N) is 2. The fourth-order valence-electron chi connectivity index (χ4n) is 4.14. The normalized spacial score (nSPS) is 15.2. The number of methoxy groups -OCH3 is 1. The average Bonchev–Trinajstić information content (AvgIpc) is 2.84. The molecule has 0 atom stereocenters. The number of carbonyl (C=O) groups is 1. The van der Waals surface area contributed by atoms with E-state index < -0.39 is 11.3 Å². The van der Waals surface area contributed by atoms with Crippen LogP contribution < -0.4 is 15.5 Å². The second kappa shape index (κ2) is 9.36. The molecule has 1 aliphatic rings. The van der Waals surface area contributed by atoms with E-state index in [1.54, 1.807) is 18.7 Å². The number of aryl methyl sites for hydroxylation is 1. The van der Waals surface area contributed by atoms with Gasteiger partial charge in [0.2, 0.25) is 5.43 Å². The molecule has 32 heavy (non-hydrogen) atoms. The highest BCUT2D eigenvalue weighted by atomic mass is 16.5. The largest absolute Gasteiger partial charge is 0.497 e. The standard InChI is InChI=1S/C25H27N3O4/c1-18-16-22(29)23(27-28(18)20-6-4-3-5-7-20)24(30)26-17-25(12-14-32-15-13-25)19-8-10-21(31-2)11-9-19/h3-11,16H,12-15,17H2,1-2H3,(H,26,30). The Bertz CT molecular complexity index is 1130. The smallest absolute Gasteiger partial charge is 0.275 e. The quantitative estimate of drug-likeness (QED) is 0.646. The Balaban J connectivity index is 1.59. The number of hydrogen-bond acceptors (Lipinski definition) is 5. The van der Waals surface area contributed by atoms with Crippen molar-refractivity contribution in [2.45, 2.75) is 25.2 Å². The number of nitrogens with one attached hydrogen (secondary N) is 1. The SMILES string of the molecule is COc1ccc(C2(CNC(=O)c3nn(-c4ccccc4)c(C)cc3=O)CCOCC2)cc1. The van der Waals surface area contributed by atoms with Crippen molar-refractivity contribution in [1.82, 2.24) is 15.1 Å². The molecular weight excluding hydrogens is 406 g/mol. The van der Waals surface area contributed by atoms with Crippen LogP contribution in [0.4, 0.5) is 0 Å². The van der Waals surface area contributed by atoms with E-state index in [0.29, 0.717) is 25.5 Å². The zero-order valence-electron chi connectivity index (χ0n) is 18.3. The van der Waals surface area contributed by atoms with Crippen LogP contribution in [0.3, 0.4) is 0 Å². The van der Waals surface area contributed by atoms with Crippen LogP contribution in [-0.2, 0) is 10.2 Å². The molecule has 1 aliphatic heterocycles. The maximum absolute atomic E-state index is 13.0. The van der Waals surface area contributed by atoms with E-state index in [0.717, 1.165) is 29.8 Å². The molecule has 1 amide bonds. The number of aromatic nitrogens is 2. The van der Waals surface area contributed by atoms with Crippen molar-refractivity contribution in [1.29, 1.82) is 0 Å². The Morgan fingerprint density at radius 3 is 2.47 bits per heavy atom. The van der Waals surface area contributed by atoms with Gasteiger partial charge in [-0.1, -0.05) is 30.3 Å². The monoisotopic (exact) mass is 433 g/mol. The summed E-state index contributed by atoms with van der Waals surface area (Å²) >= 11 is 0. The lowest BCUT2D eigenvalue weighted by Crippen LogP contribution is -2.45. The van der Waals surface area contributed by atoms with E-state index in [9.17, 15) is 9.59 Å². The van der Waals surface area contributed by atoms with Crippen molar-refractivity contribution < 1.29 is 14.3 Å². The van der Waals surface area contributed by atoms with Gasteiger partial charge in [0.05, 0.1) is 12.8 Å². The molecule has 7 heteroatoms. The van der Waals surface area contributed by atoms with Crippen molar-refractivity contribution in [2.24, 2.45) is 0 Å². The Kier molecular flexibility index (Phi) is 6.37. The summed E-state index contributed by atoms with van der Waals surface area (Å²) in [7, 11) is 1.64. The van der Waals surface area contributed by atoms with Crippen LogP contribution in [0.2, 0.25) is 0 Å².